The lowest BCUT2D eigenvalue weighted by Gasteiger charge is -2.06. The predicted molar refractivity (Wildman–Crippen MR) is 77.8 cm³/mol. The lowest BCUT2D eigenvalue weighted by atomic mass is 10.2. The van der Waals surface area contributed by atoms with Crippen LogP contribution >= 0.6 is 0 Å². The van der Waals surface area contributed by atoms with Crippen LogP contribution in [0.5, 0.6) is 0 Å². The van der Waals surface area contributed by atoms with Crippen LogP contribution in [0.4, 0.5) is 0 Å². The van der Waals surface area contributed by atoms with Crippen LogP contribution in [0.1, 0.15) is 30.1 Å². The van der Waals surface area contributed by atoms with Crippen molar-refractivity contribution >= 4 is 11.2 Å². The zero-order valence-electron chi connectivity index (χ0n) is 12.3. The number of aromatic nitrogens is 5. The van der Waals surface area contributed by atoms with E-state index in [0.29, 0.717) is 23.6 Å². The number of nitrogens with zero attached hydrogens (tertiary/aromatic N) is 5. The molecule has 0 amide bonds. The van der Waals surface area contributed by atoms with Crippen LogP contribution in [-0.2, 0) is 20.6 Å². The van der Waals surface area contributed by atoms with Gasteiger partial charge in [-0.25, -0.2) is 9.78 Å². The molecule has 0 saturated heterocycles. The molecule has 0 bridgehead atoms. The predicted octanol–water partition coefficient (Wildman–Crippen LogP) is 0.347. The fraction of sp³-hybridized carbons (Fsp3) is 0.429. The molecule has 0 radical (unpaired) electrons. The van der Waals surface area contributed by atoms with E-state index in [-0.39, 0.29) is 11.2 Å². The average molecular weight is 301 g/mol. The van der Waals surface area contributed by atoms with E-state index in [1.54, 1.807) is 24.1 Å². The van der Waals surface area contributed by atoms with Gasteiger partial charge in [0, 0.05) is 25.6 Å². The van der Waals surface area contributed by atoms with Gasteiger partial charge in [-0.3, -0.25) is 13.9 Å². The van der Waals surface area contributed by atoms with E-state index in [1.807, 2.05) is 0 Å². The van der Waals surface area contributed by atoms with Gasteiger partial charge in [-0.05, 0) is 12.8 Å². The Morgan fingerprint density at radius 2 is 2.05 bits per heavy atom. The summed E-state index contributed by atoms with van der Waals surface area (Å²) < 4.78 is 9.54. The Kier molecular flexibility index (Phi) is 2.63. The maximum absolute atomic E-state index is 12.4. The zero-order chi connectivity index (χ0) is 15.4. The normalized spacial score (nSPS) is 14.8. The van der Waals surface area contributed by atoms with Crippen LogP contribution in [0.2, 0.25) is 0 Å². The van der Waals surface area contributed by atoms with Crippen LogP contribution in [0, 0.1) is 0 Å². The van der Waals surface area contributed by atoms with Crippen molar-refractivity contribution in [3.8, 4) is 0 Å². The van der Waals surface area contributed by atoms with Gasteiger partial charge in [0.05, 0.1) is 19.1 Å². The standard InChI is InChI=1S/C14H15N5O3/c1-17-12-10(13(20)18(2)14(17)21)19(7-15-12)6-9-5-16-22-11(9)8-3-4-8/h5,7-8H,3-4,6H2,1-2H3. The molecule has 8 nitrogen and oxygen atoms in total. The van der Waals surface area contributed by atoms with Crippen molar-refractivity contribution < 1.29 is 4.52 Å². The number of hydrogen-bond donors (Lipinski definition) is 0. The molecule has 0 aromatic carbocycles. The molecule has 0 atom stereocenters. The van der Waals surface area contributed by atoms with Crippen LogP contribution in [-0.4, -0.2) is 23.8 Å². The van der Waals surface area contributed by atoms with Gasteiger partial charge >= 0.3 is 5.69 Å². The highest BCUT2D eigenvalue weighted by molar-refractivity contribution is 5.70. The van der Waals surface area contributed by atoms with E-state index >= 15 is 0 Å². The fourth-order valence-electron chi connectivity index (χ4n) is 2.77. The molecule has 0 unspecified atom stereocenters. The molecule has 1 saturated carbocycles. The number of fused-ring (bicyclic) bond motifs is 1. The third-order valence-electron chi connectivity index (χ3n) is 4.18. The molecule has 3 heterocycles. The molecule has 1 aliphatic carbocycles. The van der Waals surface area contributed by atoms with Crippen molar-refractivity contribution in [2.24, 2.45) is 14.1 Å². The topological polar surface area (TPSA) is 87.8 Å². The molecule has 0 N–H and O–H groups in total. The van der Waals surface area contributed by atoms with Gasteiger partial charge in [-0.1, -0.05) is 5.16 Å². The Bertz CT molecular complexity index is 986. The molecule has 0 spiro atoms. The molecule has 1 aliphatic rings. The quantitative estimate of drug-likeness (QED) is 0.696. The first kappa shape index (κ1) is 13.1. The van der Waals surface area contributed by atoms with Crippen molar-refractivity contribution in [2.75, 3.05) is 0 Å². The monoisotopic (exact) mass is 301 g/mol. The first-order valence-electron chi connectivity index (χ1n) is 7.12. The average Bonchev–Trinajstić information content (AvgIpc) is 3.11. The molecule has 1 fully saturated rings. The van der Waals surface area contributed by atoms with Crippen molar-refractivity contribution in [3.05, 3.63) is 44.7 Å². The van der Waals surface area contributed by atoms with Crippen molar-refractivity contribution in [2.45, 2.75) is 25.3 Å². The minimum Gasteiger partial charge on any atom is -0.361 e. The summed E-state index contributed by atoms with van der Waals surface area (Å²) in [5.41, 5.74) is 1.02. The van der Waals surface area contributed by atoms with Gasteiger partial charge < -0.3 is 9.09 Å². The maximum Gasteiger partial charge on any atom is 0.332 e. The summed E-state index contributed by atoms with van der Waals surface area (Å²) in [6.07, 6.45) is 5.49. The minimum absolute atomic E-state index is 0.347. The van der Waals surface area contributed by atoms with Crippen LogP contribution in [0.3, 0.4) is 0 Å². The second kappa shape index (κ2) is 4.43. The van der Waals surface area contributed by atoms with Gasteiger partial charge in [0.2, 0.25) is 0 Å². The minimum atomic E-state index is -0.383. The van der Waals surface area contributed by atoms with Gasteiger partial charge in [-0.15, -0.1) is 0 Å². The highest BCUT2D eigenvalue weighted by atomic mass is 16.5. The van der Waals surface area contributed by atoms with Crippen LogP contribution < -0.4 is 11.2 Å². The number of rotatable bonds is 3. The number of hydrogen-bond acceptors (Lipinski definition) is 5. The van der Waals surface area contributed by atoms with Gasteiger partial charge in [0.15, 0.2) is 11.2 Å². The largest absolute Gasteiger partial charge is 0.361 e. The molecule has 8 heteroatoms. The van der Waals surface area contributed by atoms with E-state index in [1.165, 1.54) is 11.6 Å². The summed E-state index contributed by atoms with van der Waals surface area (Å²) in [4.78, 5) is 28.5. The summed E-state index contributed by atoms with van der Waals surface area (Å²) >= 11 is 0. The van der Waals surface area contributed by atoms with Crippen molar-refractivity contribution in [1.29, 1.82) is 0 Å². The zero-order valence-corrected chi connectivity index (χ0v) is 12.3. The Morgan fingerprint density at radius 3 is 2.77 bits per heavy atom. The first-order chi connectivity index (χ1) is 10.6. The van der Waals surface area contributed by atoms with E-state index in [2.05, 4.69) is 10.1 Å². The second-order valence-electron chi connectivity index (χ2n) is 5.74. The third kappa shape index (κ3) is 1.76. The Hall–Kier alpha value is -2.64. The van der Waals surface area contributed by atoms with E-state index < -0.39 is 0 Å². The number of imidazole rings is 1. The molecule has 3 aromatic rings. The summed E-state index contributed by atoms with van der Waals surface area (Å²) in [5, 5.41) is 3.87. The van der Waals surface area contributed by atoms with Crippen molar-refractivity contribution in [3.63, 3.8) is 0 Å². The Balaban J connectivity index is 1.88. The number of aryl methyl sites for hydroxylation is 1. The van der Waals surface area contributed by atoms with Gasteiger partial charge in [0.25, 0.3) is 5.56 Å². The smallest absolute Gasteiger partial charge is 0.332 e. The van der Waals surface area contributed by atoms with Crippen LogP contribution in [0.15, 0.2) is 26.6 Å². The van der Waals surface area contributed by atoms with Crippen molar-refractivity contribution in [1.82, 2.24) is 23.8 Å². The molecule has 22 heavy (non-hydrogen) atoms. The van der Waals surface area contributed by atoms with Gasteiger partial charge in [-0.2, -0.15) is 0 Å². The highest BCUT2D eigenvalue weighted by Gasteiger charge is 2.30. The first-order valence-corrected chi connectivity index (χ1v) is 7.12. The Labute approximate surface area is 124 Å². The molecule has 0 aliphatic heterocycles. The molecule has 114 valence electrons. The molecular formula is C14H15N5O3. The summed E-state index contributed by atoms with van der Waals surface area (Å²) in [7, 11) is 3.08. The summed E-state index contributed by atoms with van der Waals surface area (Å²) in [6, 6.07) is 0. The van der Waals surface area contributed by atoms with E-state index in [9.17, 15) is 9.59 Å². The fourth-order valence-corrected chi connectivity index (χ4v) is 2.77. The molecule has 3 aromatic heterocycles. The van der Waals surface area contributed by atoms with E-state index in [4.69, 9.17) is 4.52 Å². The van der Waals surface area contributed by atoms with E-state index in [0.717, 1.165) is 28.7 Å². The SMILES string of the molecule is Cn1c(=O)c2c(ncn2Cc2cnoc2C2CC2)n(C)c1=O. The Morgan fingerprint density at radius 1 is 1.27 bits per heavy atom. The summed E-state index contributed by atoms with van der Waals surface area (Å²) in [6.45, 7) is 0.458. The lowest BCUT2D eigenvalue weighted by Crippen LogP contribution is -2.37. The highest BCUT2D eigenvalue weighted by Crippen LogP contribution is 2.41. The molecular weight excluding hydrogens is 286 g/mol. The third-order valence-corrected chi connectivity index (χ3v) is 4.18. The summed E-state index contributed by atoms with van der Waals surface area (Å²) in [5.74, 6) is 1.34. The molecule has 4 rings (SSSR count). The maximum atomic E-state index is 12.4. The van der Waals surface area contributed by atoms with Gasteiger partial charge in [0.1, 0.15) is 5.76 Å². The van der Waals surface area contributed by atoms with Crippen LogP contribution in [0.25, 0.3) is 11.2 Å². The second-order valence-corrected chi connectivity index (χ2v) is 5.74. The lowest BCUT2D eigenvalue weighted by molar-refractivity contribution is 0.382.